The van der Waals surface area contributed by atoms with Crippen molar-refractivity contribution < 1.29 is 27.4 Å². The summed E-state index contributed by atoms with van der Waals surface area (Å²) in [4.78, 5) is 23.6. The van der Waals surface area contributed by atoms with E-state index in [1.165, 1.54) is 37.7 Å². The summed E-state index contributed by atoms with van der Waals surface area (Å²) in [6.07, 6.45) is 5.07. The van der Waals surface area contributed by atoms with Crippen molar-refractivity contribution in [2.45, 2.75) is 51.8 Å². The molecule has 0 radical (unpaired) electrons. The van der Waals surface area contributed by atoms with E-state index in [0.717, 1.165) is 12.8 Å². The number of carbonyl (C=O) groups excluding carboxylic acids is 1. The number of piperidine rings is 1. The van der Waals surface area contributed by atoms with Crippen molar-refractivity contribution in [1.29, 1.82) is 5.26 Å². The summed E-state index contributed by atoms with van der Waals surface area (Å²) >= 11 is 0. The molecule has 4 aromatic rings. The zero-order chi connectivity index (χ0) is 33.0. The normalized spacial score (nSPS) is 14.9. The molecule has 0 spiro atoms. The Morgan fingerprint density at radius 1 is 1.17 bits per heavy atom. The molecule has 14 heteroatoms. The van der Waals surface area contributed by atoms with Gasteiger partial charge in [-0.15, -0.1) is 0 Å². The van der Waals surface area contributed by atoms with E-state index in [-0.39, 0.29) is 34.4 Å². The Bertz CT molecular complexity index is 1770. The quantitative estimate of drug-likeness (QED) is 0.219. The van der Waals surface area contributed by atoms with Gasteiger partial charge in [0.25, 0.3) is 0 Å². The number of alkyl carbamates (subject to hydrolysis) is 1. The maximum absolute atomic E-state index is 14.9. The van der Waals surface area contributed by atoms with Crippen LogP contribution in [0, 0.1) is 17.1 Å². The van der Waals surface area contributed by atoms with Gasteiger partial charge in [-0.1, -0.05) is 6.07 Å². The number of hydrogen-bond acceptors (Lipinski definition) is 9. The summed E-state index contributed by atoms with van der Waals surface area (Å²) in [6.45, 7) is 3.60. The zero-order valence-electron chi connectivity index (χ0n) is 25.7. The van der Waals surface area contributed by atoms with Gasteiger partial charge in [0.15, 0.2) is 0 Å². The molecule has 11 nitrogen and oxygen atoms in total. The zero-order valence-corrected chi connectivity index (χ0v) is 25.7. The van der Waals surface area contributed by atoms with Crippen molar-refractivity contribution in [2.24, 2.45) is 0 Å². The molecule has 2 N–H and O–H groups in total. The molecule has 1 saturated heterocycles. The Hall–Kier alpha value is -5.32. The lowest BCUT2D eigenvalue weighted by atomic mass is 10.0. The minimum atomic E-state index is -2.81. The molecule has 0 bridgehead atoms. The van der Waals surface area contributed by atoms with Crippen molar-refractivity contribution in [1.82, 2.24) is 25.1 Å². The Balaban J connectivity index is 1.50. The van der Waals surface area contributed by atoms with Crippen LogP contribution < -0.4 is 20.3 Å². The number of anilines is 3. The van der Waals surface area contributed by atoms with E-state index in [0.29, 0.717) is 40.4 Å². The Labute approximate surface area is 264 Å². The van der Waals surface area contributed by atoms with Crippen molar-refractivity contribution in [3.63, 3.8) is 0 Å². The minimum absolute atomic E-state index is 0.0436. The molecule has 1 aliphatic heterocycles. The molecule has 0 unspecified atom stereocenters. The number of amides is 1. The topological polar surface area (TPSA) is 130 Å². The first-order valence-corrected chi connectivity index (χ1v) is 14.5. The number of carbonyl (C=O) groups is 1. The molecule has 4 heterocycles. The van der Waals surface area contributed by atoms with Gasteiger partial charge in [0, 0.05) is 48.7 Å². The van der Waals surface area contributed by atoms with Crippen LogP contribution in [0.5, 0.6) is 5.75 Å². The van der Waals surface area contributed by atoms with Crippen LogP contribution in [0.3, 0.4) is 0 Å². The number of ether oxygens (including phenoxy) is 2. The number of nitriles is 1. The summed E-state index contributed by atoms with van der Waals surface area (Å²) in [6, 6.07) is 11.0. The highest BCUT2D eigenvalue weighted by Gasteiger charge is 2.27. The van der Waals surface area contributed by atoms with Gasteiger partial charge in [0.2, 0.25) is 0 Å². The van der Waals surface area contributed by atoms with Crippen LogP contribution >= 0.6 is 0 Å². The highest BCUT2D eigenvalue weighted by atomic mass is 19.3. The number of nitrogens with one attached hydrogen (secondary N) is 2. The lowest BCUT2D eigenvalue weighted by Gasteiger charge is -2.36. The predicted octanol–water partition coefficient (Wildman–Crippen LogP) is 6.66. The first-order valence-electron chi connectivity index (χ1n) is 14.5. The van der Waals surface area contributed by atoms with Gasteiger partial charge in [-0.3, -0.25) is 0 Å². The fraction of sp³-hybridized carbons (Fsp3) is 0.344. The highest BCUT2D eigenvalue weighted by Crippen LogP contribution is 2.37. The number of hydrogen-bond donors (Lipinski definition) is 2. The fourth-order valence-electron chi connectivity index (χ4n) is 5.21. The van der Waals surface area contributed by atoms with E-state index in [1.807, 2.05) is 11.0 Å². The van der Waals surface area contributed by atoms with Gasteiger partial charge in [0.05, 0.1) is 35.8 Å². The summed E-state index contributed by atoms with van der Waals surface area (Å²) < 4.78 is 53.1. The predicted molar refractivity (Wildman–Crippen MR) is 165 cm³/mol. The molecular weight excluding hydrogens is 601 g/mol. The number of halogens is 3. The van der Waals surface area contributed by atoms with Crippen molar-refractivity contribution >= 4 is 23.4 Å². The van der Waals surface area contributed by atoms with Gasteiger partial charge in [-0.05, 0) is 57.9 Å². The third-order valence-corrected chi connectivity index (χ3v) is 7.18. The summed E-state index contributed by atoms with van der Waals surface area (Å²) in [7, 11) is 1.40. The largest absolute Gasteiger partial charge is 0.496 e. The van der Waals surface area contributed by atoms with E-state index >= 15 is 0 Å². The Morgan fingerprint density at radius 2 is 1.98 bits per heavy atom. The van der Waals surface area contributed by atoms with Crippen LogP contribution in [0.25, 0.3) is 22.4 Å². The molecular formula is C32H33F3N8O3. The van der Waals surface area contributed by atoms with Crippen molar-refractivity contribution in [3.05, 3.63) is 66.4 Å². The first kappa shape index (κ1) is 32.1. The number of alkyl halides is 2. The molecule has 1 fully saturated rings. The summed E-state index contributed by atoms with van der Waals surface area (Å²) in [5.74, 6) is 0.245. The van der Waals surface area contributed by atoms with E-state index in [4.69, 9.17) is 9.47 Å². The molecule has 5 rings (SSSR count). The first-order chi connectivity index (χ1) is 22.0. The van der Waals surface area contributed by atoms with Crippen molar-refractivity contribution in [3.8, 4) is 34.2 Å². The SMILES string of the molecule is COc1cccc(F)c1-c1nc(Nc2cc(N3CCC[C@H](NC(=O)OC(C)(C)C)C3)c(-c3cnn(C(F)F)c3)cn2)ccc1C#N. The lowest BCUT2D eigenvalue weighted by molar-refractivity contribution is 0.0499. The monoisotopic (exact) mass is 634 g/mol. The molecule has 1 aliphatic rings. The average Bonchev–Trinajstić information content (AvgIpc) is 3.51. The van der Waals surface area contributed by atoms with Crippen LogP contribution in [0.4, 0.5) is 35.3 Å². The van der Waals surface area contributed by atoms with Gasteiger partial charge < -0.3 is 25.0 Å². The molecule has 240 valence electrons. The van der Waals surface area contributed by atoms with Gasteiger partial charge in [0.1, 0.15) is 34.9 Å². The van der Waals surface area contributed by atoms with Gasteiger partial charge in [-0.2, -0.15) is 19.1 Å². The fourth-order valence-corrected chi connectivity index (χ4v) is 5.21. The van der Waals surface area contributed by atoms with Crippen LogP contribution in [0.15, 0.2) is 55.0 Å². The molecule has 3 aromatic heterocycles. The number of pyridine rings is 2. The number of nitrogens with zero attached hydrogens (tertiary/aromatic N) is 6. The second-order valence-corrected chi connectivity index (χ2v) is 11.7. The van der Waals surface area contributed by atoms with E-state index in [1.54, 1.807) is 45.2 Å². The van der Waals surface area contributed by atoms with Crippen LogP contribution in [0.2, 0.25) is 0 Å². The second kappa shape index (κ2) is 13.4. The molecule has 1 aromatic carbocycles. The second-order valence-electron chi connectivity index (χ2n) is 11.7. The number of rotatable bonds is 8. The summed E-state index contributed by atoms with van der Waals surface area (Å²) in [5, 5.41) is 19.6. The maximum Gasteiger partial charge on any atom is 0.407 e. The maximum atomic E-state index is 14.9. The Morgan fingerprint density at radius 3 is 2.67 bits per heavy atom. The van der Waals surface area contributed by atoms with Gasteiger partial charge >= 0.3 is 12.6 Å². The van der Waals surface area contributed by atoms with Crippen LogP contribution in [-0.2, 0) is 4.74 Å². The van der Waals surface area contributed by atoms with Crippen LogP contribution in [0.1, 0.15) is 45.7 Å². The van der Waals surface area contributed by atoms with Crippen molar-refractivity contribution in [2.75, 3.05) is 30.4 Å². The third-order valence-electron chi connectivity index (χ3n) is 7.18. The lowest BCUT2D eigenvalue weighted by Crippen LogP contribution is -2.49. The average molecular weight is 635 g/mol. The molecule has 0 saturated carbocycles. The van der Waals surface area contributed by atoms with E-state index in [9.17, 15) is 23.2 Å². The van der Waals surface area contributed by atoms with E-state index in [2.05, 4.69) is 25.7 Å². The number of benzene rings is 1. The minimum Gasteiger partial charge on any atom is -0.496 e. The van der Waals surface area contributed by atoms with E-state index < -0.39 is 24.1 Å². The Kier molecular flexibility index (Phi) is 9.31. The molecule has 1 amide bonds. The summed E-state index contributed by atoms with van der Waals surface area (Å²) in [5.41, 5.74) is 1.27. The molecule has 0 aliphatic carbocycles. The number of aromatic nitrogens is 4. The van der Waals surface area contributed by atoms with Crippen LogP contribution in [-0.4, -0.2) is 57.7 Å². The molecule has 46 heavy (non-hydrogen) atoms. The third kappa shape index (κ3) is 7.31. The smallest absolute Gasteiger partial charge is 0.407 e. The molecule has 1 atom stereocenters. The van der Waals surface area contributed by atoms with Gasteiger partial charge in [-0.25, -0.2) is 23.8 Å². The standard InChI is InChI=1S/C32H33F3N8O3/c1-32(2,3)46-31(44)39-21-7-6-12-42(18-21)24-13-27(37-16-22(24)20-15-38-43(17-20)30(34)35)40-26-11-10-19(14-36)29(41-26)28-23(33)8-5-9-25(28)45-4/h5,8-11,13,15-17,21,30H,6-7,12,18H2,1-4H3,(H,39,44)(H,37,40,41)/t21-/m0/s1. The highest BCUT2D eigenvalue weighted by molar-refractivity contribution is 5.81. The number of methoxy groups -OCH3 is 1.